The van der Waals surface area contributed by atoms with Crippen LogP contribution < -0.4 is 5.32 Å². The molecule has 0 spiro atoms. The first-order valence-electron chi connectivity index (χ1n) is 7.46. The molecule has 2 heterocycles. The molecule has 0 saturated heterocycles. The van der Waals surface area contributed by atoms with Crippen LogP contribution in [0.15, 0.2) is 15.9 Å². The van der Waals surface area contributed by atoms with E-state index < -0.39 is 0 Å². The summed E-state index contributed by atoms with van der Waals surface area (Å²) in [6, 6.07) is 2.65. The third-order valence-corrected chi connectivity index (χ3v) is 6.94. The predicted octanol–water partition coefficient (Wildman–Crippen LogP) is 5.65. The molecule has 1 aliphatic rings. The van der Waals surface area contributed by atoms with Gasteiger partial charge >= 0.3 is 0 Å². The van der Waals surface area contributed by atoms with Crippen molar-refractivity contribution in [3.63, 3.8) is 0 Å². The van der Waals surface area contributed by atoms with Crippen LogP contribution in [0.25, 0.3) is 9.88 Å². The Morgan fingerprint density at radius 3 is 2.95 bits per heavy atom. The van der Waals surface area contributed by atoms with Gasteiger partial charge < -0.3 is 5.32 Å². The minimum absolute atomic E-state index is 0.333. The number of rotatable bonds is 4. The highest BCUT2D eigenvalue weighted by molar-refractivity contribution is 9.10. The van der Waals surface area contributed by atoms with Crippen molar-refractivity contribution >= 4 is 38.6 Å². The van der Waals surface area contributed by atoms with Crippen LogP contribution in [0.2, 0.25) is 0 Å². The van der Waals surface area contributed by atoms with Gasteiger partial charge in [-0.15, -0.1) is 22.7 Å². The number of hydrogen-bond acceptors (Lipinski definition) is 4. The van der Waals surface area contributed by atoms with Gasteiger partial charge in [0.05, 0.1) is 10.6 Å². The van der Waals surface area contributed by atoms with Crippen LogP contribution in [0, 0.1) is 5.41 Å². The minimum Gasteiger partial charge on any atom is -0.309 e. The van der Waals surface area contributed by atoms with Crippen molar-refractivity contribution in [1.29, 1.82) is 0 Å². The van der Waals surface area contributed by atoms with Crippen LogP contribution in [-0.4, -0.2) is 11.5 Å². The van der Waals surface area contributed by atoms with Crippen LogP contribution in [0.3, 0.4) is 0 Å². The van der Waals surface area contributed by atoms with Gasteiger partial charge in [-0.1, -0.05) is 20.8 Å². The zero-order valence-corrected chi connectivity index (χ0v) is 15.9. The van der Waals surface area contributed by atoms with E-state index in [1.165, 1.54) is 33.3 Å². The molecule has 0 amide bonds. The average Bonchev–Trinajstić information content (AvgIpc) is 3.00. The summed E-state index contributed by atoms with van der Waals surface area (Å²) in [5, 5.41) is 7.03. The van der Waals surface area contributed by atoms with E-state index in [0.29, 0.717) is 11.5 Å². The smallest absolute Gasteiger partial charge is 0.133 e. The fraction of sp³-hybridized carbons (Fsp3) is 0.562. The number of hydrogen-bond donors (Lipinski definition) is 1. The Balaban J connectivity index is 1.94. The van der Waals surface area contributed by atoms with E-state index in [1.807, 2.05) is 11.3 Å². The first kappa shape index (κ1) is 15.7. The Bertz CT molecular complexity index is 630. The summed E-state index contributed by atoms with van der Waals surface area (Å²) in [7, 11) is 0. The lowest BCUT2D eigenvalue weighted by atomic mass is 9.76. The molecule has 0 aromatic carbocycles. The standard InChI is InChI=1S/C16H21BrN2S2/c1-4-5-18-11-7-16(2,3)8-12-14(11)21-15(19-12)13-6-10(17)9-20-13/h6,9,11,18H,4-5,7-8H2,1-3H3. The van der Waals surface area contributed by atoms with E-state index in [4.69, 9.17) is 4.98 Å². The maximum atomic E-state index is 4.96. The number of nitrogens with one attached hydrogen (secondary N) is 1. The normalized spacial score (nSPS) is 20.5. The second-order valence-corrected chi connectivity index (χ2v) is 9.37. The molecule has 0 fully saturated rings. The van der Waals surface area contributed by atoms with E-state index in [9.17, 15) is 0 Å². The topological polar surface area (TPSA) is 24.9 Å². The molecule has 0 bridgehead atoms. The summed E-state index contributed by atoms with van der Waals surface area (Å²) in [6.45, 7) is 8.02. The molecule has 5 heteroatoms. The van der Waals surface area contributed by atoms with Gasteiger partial charge in [0, 0.05) is 20.8 Å². The maximum Gasteiger partial charge on any atom is 0.133 e. The molecule has 21 heavy (non-hydrogen) atoms. The van der Waals surface area contributed by atoms with Crippen LogP contribution >= 0.6 is 38.6 Å². The SMILES string of the molecule is CCCNC1CC(C)(C)Cc2nc(-c3cc(Br)cs3)sc21. The number of nitrogens with zero attached hydrogens (tertiary/aromatic N) is 1. The largest absolute Gasteiger partial charge is 0.309 e. The molecule has 1 aliphatic carbocycles. The summed E-state index contributed by atoms with van der Waals surface area (Å²) in [4.78, 5) is 7.69. The van der Waals surface area contributed by atoms with Crippen molar-refractivity contribution in [2.75, 3.05) is 6.54 Å². The molecule has 2 nitrogen and oxygen atoms in total. The molecule has 1 atom stereocenters. The number of aromatic nitrogens is 1. The van der Waals surface area contributed by atoms with Crippen LogP contribution in [0.4, 0.5) is 0 Å². The Kier molecular flexibility index (Phi) is 4.55. The van der Waals surface area contributed by atoms with Gasteiger partial charge in [-0.05, 0) is 53.2 Å². The number of fused-ring (bicyclic) bond motifs is 1. The highest BCUT2D eigenvalue weighted by Crippen LogP contribution is 2.45. The van der Waals surface area contributed by atoms with Gasteiger partial charge in [0.2, 0.25) is 0 Å². The lowest BCUT2D eigenvalue weighted by molar-refractivity contribution is 0.258. The van der Waals surface area contributed by atoms with E-state index in [2.05, 4.69) is 53.5 Å². The van der Waals surface area contributed by atoms with Gasteiger partial charge in [-0.2, -0.15) is 0 Å². The second kappa shape index (κ2) is 6.11. The monoisotopic (exact) mass is 384 g/mol. The van der Waals surface area contributed by atoms with Crippen LogP contribution in [0.1, 0.15) is 50.2 Å². The third kappa shape index (κ3) is 3.41. The molecule has 0 saturated carbocycles. The molecule has 0 radical (unpaired) electrons. The molecule has 3 rings (SSSR count). The third-order valence-electron chi connectivity index (χ3n) is 3.87. The summed E-state index contributed by atoms with van der Waals surface area (Å²) in [6.07, 6.45) is 3.47. The first-order valence-corrected chi connectivity index (χ1v) is 9.95. The van der Waals surface area contributed by atoms with Crippen molar-refractivity contribution in [1.82, 2.24) is 10.3 Å². The highest BCUT2D eigenvalue weighted by Gasteiger charge is 2.34. The second-order valence-electron chi connectivity index (χ2n) is 6.51. The Hall–Kier alpha value is -0.230. The molecule has 0 aliphatic heterocycles. The quantitative estimate of drug-likeness (QED) is 0.736. The molecule has 114 valence electrons. The van der Waals surface area contributed by atoms with Gasteiger partial charge in [0.1, 0.15) is 5.01 Å². The fourth-order valence-corrected chi connectivity index (χ4v) is 5.59. The summed E-state index contributed by atoms with van der Waals surface area (Å²) >= 11 is 7.18. The fourth-order valence-electron chi connectivity index (χ4n) is 2.95. The first-order chi connectivity index (χ1) is 9.98. The van der Waals surface area contributed by atoms with Gasteiger partial charge in [-0.25, -0.2) is 4.98 Å². The minimum atomic E-state index is 0.333. The number of thiazole rings is 1. The van der Waals surface area contributed by atoms with Crippen molar-refractivity contribution in [3.8, 4) is 9.88 Å². The Morgan fingerprint density at radius 2 is 2.29 bits per heavy atom. The molecule has 2 aromatic heterocycles. The predicted molar refractivity (Wildman–Crippen MR) is 96.3 cm³/mol. The lowest BCUT2D eigenvalue weighted by Crippen LogP contribution is -2.33. The zero-order valence-electron chi connectivity index (χ0n) is 12.7. The van der Waals surface area contributed by atoms with Crippen molar-refractivity contribution in [2.45, 2.75) is 46.1 Å². The zero-order chi connectivity index (χ0) is 15.0. The van der Waals surface area contributed by atoms with Crippen LogP contribution in [0.5, 0.6) is 0 Å². The van der Waals surface area contributed by atoms with Gasteiger partial charge in [-0.3, -0.25) is 0 Å². The molecular weight excluding hydrogens is 364 g/mol. The molecule has 1 N–H and O–H groups in total. The lowest BCUT2D eigenvalue weighted by Gasteiger charge is -2.34. The Morgan fingerprint density at radius 1 is 1.48 bits per heavy atom. The maximum absolute atomic E-state index is 4.96. The van der Waals surface area contributed by atoms with Crippen LogP contribution in [-0.2, 0) is 6.42 Å². The molecule has 1 unspecified atom stereocenters. The van der Waals surface area contributed by atoms with Crippen molar-refractivity contribution < 1.29 is 0 Å². The summed E-state index contributed by atoms with van der Waals surface area (Å²) in [5.41, 5.74) is 1.64. The summed E-state index contributed by atoms with van der Waals surface area (Å²) in [5.74, 6) is 0. The van der Waals surface area contributed by atoms with Gasteiger partial charge in [0.15, 0.2) is 0 Å². The van der Waals surface area contributed by atoms with Crippen molar-refractivity contribution in [3.05, 3.63) is 26.5 Å². The highest BCUT2D eigenvalue weighted by atomic mass is 79.9. The van der Waals surface area contributed by atoms with E-state index in [-0.39, 0.29) is 0 Å². The van der Waals surface area contributed by atoms with Gasteiger partial charge in [0.25, 0.3) is 0 Å². The van der Waals surface area contributed by atoms with E-state index in [1.54, 1.807) is 11.3 Å². The molecular formula is C16H21BrN2S2. The molecule has 2 aromatic rings. The van der Waals surface area contributed by atoms with Crippen molar-refractivity contribution in [2.24, 2.45) is 5.41 Å². The number of thiophene rings is 1. The van der Waals surface area contributed by atoms with E-state index >= 15 is 0 Å². The Labute approximate surface area is 143 Å². The number of halogens is 1. The summed E-state index contributed by atoms with van der Waals surface area (Å²) < 4.78 is 1.15. The van der Waals surface area contributed by atoms with E-state index in [0.717, 1.165) is 17.4 Å². The average molecular weight is 385 g/mol.